The molecular formula is C23H19N5O2S2. The van der Waals surface area contributed by atoms with Crippen molar-refractivity contribution in [2.24, 2.45) is 0 Å². The zero-order valence-electron chi connectivity index (χ0n) is 16.8. The van der Waals surface area contributed by atoms with Gasteiger partial charge in [-0.1, -0.05) is 6.07 Å². The fourth-order valence-electron chi connectivity index (χ4n) is 3.55. The molecule has 9 heteroatoms. The molecule has 4 aromatic rings. The predicted molar refractivity (Wildman–Crippen MR) is 132 cm³/mol. The maximum atomic E-state index is 12.6. The highest BCUT2D eigenvalue weighted by molar-refractivity contribution is 7.20. The number of nitrogens with one attached hydrogen (secondary N) is 3. The van der Waals surface area contributed by atoms with Crippen LogP contribution in [0.4, 0.5) is 31.4 Å². The minimum atomic E-state index is -0.191. The third-order valence-electron chi connectivity index (χ3n) is 5.12. The van der Waals surface area contributed by atoms with Gasteiger partial charge in [-0.15, -0.1) is 22.7 Å². The monoisotopic (exact) mass is 461 g/mol. The molecule has 32 heavy (non-hydrogen) atoms. The molecule has 160 valence electrons. The van der Waals surface area contributed by atoms with E-state index in [1.807, 2.05) is 24.3 Å². The molecule has 0 bridgehead atoms. The van der Waals surface area contributed by atoms with E-state index in [4.69, 9.17) is 11.5 Å². The molecule has 0 atom stereocenters. The fourth-order valence-corrected chi connectivity index (χ4v) is 4.89. The Bertz CT molecular complexity index is 1250. The first-order valence-corrected chi connectivity index (χ1v) is 11.4. The van der Waals surface area contributed by atoms with Crippen molar-refractivity contribution in [1.82, 2.24) is 0 Å². The summed E-state index contributed by atoms with van der Waals surface area (Å²) in [5.41, 5.74) is 16.4. The van der Waals surface area contributed by atoms with Crippen LogP contribution in [0.1, 0.15) is 31.8 Å². The molecule has 2 aromatic heterocycles. The summed E-state index contributed by atoms with van der Waals surface area (Å²) in [5.74, 6) is -0.370. The van der Waals surface area contributed by atoms with Crippen LogP contribution < -0.4 is 27.4 Å². The zero-order chi connectivity index (χ0) is 22.2. The van der Waals surface area contributed by atoms with Crippen molar-refractivity contribution in [3.8, 4) is 0 Å². The Morgan fingerprint density at radius 3 is 1.91 bits per heavy atom. The van der Waals surface area contributed by atoms with Gasteiger partial charge in [0.05, 0.1) is 20.0 Å². The summed E-state index contributed by atoms with van der Waals surface area (Å²) < 4.78 is 0. The molecule has 0 saturated heterocycles. The van der Waals surface area contributed by atoms with Crippen molar-refractivity contribution in [2.45, 2.75) is 6.42 Å². The van der Waals surface area contributed by atoms with Gasteiger partial charge in [0, 0.05) is 28.9 Å². The van der Waals surface area contributed by atoms with Crippen LogP contribution in [0.25, 0.3) is 0 Å². The fraction of sp³-hybridized carbons (Fsp3) is 0.0435. The molecule has 0 saturated carbocycles. The molecule has 0 unspecified atom stereocenters. The van der Waals surface area contributed by atoms with Gasteiger partial charge in [0.25, 0.3) is 11.8 Å². The lowest BCUT2D eigenvalue weighted by atomic mass is 9.94. The van der Waals surface area contributed by atoms with Crippen molar-refractivity contribution < 1.29 is 9.59 Å². The van der Waals surface area contributed by atoms with Gasteiger partial charge in [-0.3, -0.25) is 9.59 Å². The van der Waals surface area contributed by atoms with Crippen LogP contribution >= 0.6 is 22.7 Å². The highest BCUT2D eigenvalue weighted by Crippen LogP contribution is 2.34. The van der Waals surface area contributed by atoms with Gasteiger partial charge in [0.1, 0.15) is 0 Å². The van der Waals surface area contributed by atoms with Gasteiger partial charge < -0.3 is 27.4 Å². The smallest absolute Gasteiger partial charge is 0.256 e. The number of carbonyl (C=O) groups is 2. The number of fused-ring (bicyclic) bond motifs is 2. The van der Waals surface area contributed by atoms with Gasteiger partial charge in [0.15, 0.2) is 0 Å². The topological polar surface area (TPSA) is 122 Å². The highest BCUT2D eigenvalue weighted by Gasteiger charge is 2.19. The van der Waals surface area contributed by atoms with Gasteiger partial charge >= 0.3 is 0 Å². The molecule has 7 nitrogen and oxygen atoms in total. The van der Waals surface area contributed by atoms with Crippen molar-refractivity contribution in [3.05, 3.63) is 82.9 Å². The third-order valence-corrected chi connectivity index (χ3v) is 6.78. The second-order valence-corrected chi connectivity index (χ2v) is 9.59. The molecule has 7 N–H and O–H groups in total. The lowest BCUT2D eigenvalue weighted by Gasteiger charge is -2.22. The average molecular weight is 462 g/mol. The summed E-state index contributed by atoms with van der Waals surface area (Å²) in [6, 6.07) is 18.2. The number of nitrogens with two attached hydrogens (primary N) is 2. The Morgan fingerprint density at radius 1 is 0.719 bits per heavy atom. The van der Waals surface area contributed by atoms with Crippen molar-refractivity contribution in [1.29, 1.82) is 0 Å². The summed E-state index contributed by atoms with van der Waals surface area (Å²) >= 11 is 2.66. The number of benzene rings is 2. The van der Waals surface area contributed by atoms with E-state index in [0.29, 0.717) is 37.6 Å². The zero-order valence-corrected chi connectivity index (χ0v) is 18.4. The normalized spacial score (nSPS) is 11.8. The van der Waals surface area contributed by atoms with E-state index in [1.165, 1.54) is 22.7 Å². The number of hydrogen-bond donors (Lipinski definition) is 5. The van der Waals surface area contributed by atoms with Gasteiger partial charge in [-0.05, 0) is 65.7 Å². The minimum absolute atomic E-state index is 0.179. The first-order chi connectivity index (χ1) is 15.4. The van der Waals surface area contributed by atoms with Gasteiger partial charge in [0.2, 0.25) is 0 Å². The van der Waals surface area contributed by atoms with Crippen LogP contribution in [0.15, 0.2) is 60.7 Å². The van der Waals surface area contributed by atoms with Crippen LogP contribution in [-0.4, -0.2) is 11.8 Å². The first-order valence-electron chi connectivity index (χ1n) is 9.81. The molecule has 1 aliphatic rings. The second kappa shape index (κ2) is 8.03. The number of hydrogen-bond acceptors (Lipinski definition) is 7. The predicted octanol–water partition coefficient (Wildman–Crippen LogP) is 5.13. The van der Waals surface area contributed by atoms with Crippen LogP contribution in [0.2, 0.25) is 0 Å². The maximum Gasteiger partial charge on any atom is 0.256 e. The van der Waals surface area contributed by atoms with Crippen LogP contribution in [-0.2, 0) is 6.42 Å². The van der Waals surface area contributed by atoms with Crippen LogP contribution in [0.3, 0.4) is 0 Å². The lowest BCUT2D eigenvalue weighted by Crippen LogP contribution is -2.15. The van der Waals surface area contributed by atoms with Gasteiger partial charge in [-0.25, -0.2) is 0 Å². The van der Waals surface area contributed by atoms with Crippen LogP contribution in [0.5, 0.6) is 0 Å². The SMILES string of the molecule is Nc1ccc(NC(=O)c2ccc3c(c2)Cc2ccc(C(=O)Nc4ccc(N)s4)cc2N3)s1. The molecule has 2 aromatic carbocycles. The van der Waals surface area contributed by atoms with E-state index in [1.54, 1.807) is 36.4 Å². The summed E-state index contributed by atoms with van der Waals surface area (Å²) in [4.78, 5) is 25.2. The molecule has 5 rings (SSSR count). The number of nitrogen functional groups attached to an aromatic ring is 2. The number of thiophene rings is 2. The molecule has 0 aliphatic carbocycles. The summed E-state index contributed by atoms with van der Waals surface area (Å²) in [6.07, 6.45) is 0.661. The Morgan fingerprint density at radius 2 is 1.31 bits per heavy atom. The van der Waals surface area contributed by atoms with E-state index < -0.39 is 0 Å². The summed E-state index contributed by atoms with van der Waals surface area (Å²) in [5, 5.41) is 11.8. The Labute approximate surface area is 192 Å². The molecule has 0 fully saturated rings. The molecular weight excluding hydrogens is 442 g/mol. The largest absolute Gasteiger partial charge is 0.391 e. The molecule has 0 radical (unpaired) electrons. The van der Waals surface area contributed by atoms with E-state index in [0.717, 1.165) is 22.5 Å². The first kappa shape index (κ1) is 20.1. The maximum absolute atomic E-state index is 12.6. The molecule has 0 spiro atoms. The summed E-state index contributed by atoms with van der Waals surface area (Å²) in [7, 11) is 0. The van der Waals surface area contributed by atoms with E-state index >= 15 is 0 Å². The quantitative estimate of drug-likeness (QED) is 0.254. The minimum Gasteiger partial charge on any atom is -0.391 e. The van der Waals surface area contributed by atoms with Crippen molar-refractivity contribution in [2.75, 3.05) is 27.4 Å². The van der Waals surface area contributed by atoms with E-state index in [-0.39, 0.29) is 11.8 Å². The third kappa shape index (κ3) is 4.03. The van der Waals surface area contributed by atoms with Crippen molar-refractivity contribution in [3.63, 3.8) is 0 Å². The molecule has 3 heterocycles. The van der Waals surface area contributed by atoms with E-state index in [2.05, 4.69) is 16.0 Å². The number of amides is 2. The number of anilines is 6. The summed E-state index contributed by atoms with van der Waals surface area (Å²) in [6.45, 7) is 0. The van der Waals surface area contributed by atoms with E-state index in [9.17, 15) is 9.59 Å². The Hall–Kier alpha value is -3.82. The molecule has 2 amide bonds. The number of carbonyl (C=O) groups excluding carboxylic acids is 2. The second-order valence-electron chi connectivity index (χ2n) is 7.36. The highest BCUT2D eigenvalue weighted by atomic mass is 32.1. The van der Waals surface area contributed by atoms with Crippen LogP contribution in [0, 0.1) is 0 Å². The number of rotatable bonds is 4. The average Bonchev–Trinajstić information content (AvgIpc) is 3.38. The standard InChI is InChI=1S/C23H19N5O2S2/c24-18-5-7-20(31-18)27-22(29)13-3-4-16-15(10-13)9-12-1-2-14(11-17(12)26-16)23(30)28-21-8-6-19(25)32-21/h1-8,10-11,26H,9,24-25H2,(H,27,29)(H,28,30). The lowest BCUT2D eigenvalue weighted by molar-refractivity contribution is 0.101. The van der Waals surface area contributed by atoms with Gasteiger partial charge in [-0.2, -0.15) is 0 Å². The Kier molecular flexibility index (Phi) is 5.04. The molecule has 1 aliphatic heterocycles. The van der Waals surface area contributed by atoms with Crippen molar-refractivity contribution >= 4 is 65.9 Å². The Balaban J connectivity index is 1.32.